The van der Waals surface area contributed by atoms with E-state index in [1.54, 1.807) is 73.8 Å². The number of aliphatic carboxylic acids is 1. The summed E-state index contributed by atoms with van der Waals surface area (Å²) < 4.78 is 10.9. The van der Waals surface area contributed by atoms with Gasteiger partial charge < -0.3 is 19.9 Å². The van der Waals surface area contributed by atoms with Gasteiger partial charge in [0.1, 0.15) is 24.1 Å². The van der Waals surface area contributed by atoms with Crippen molar-refractivity contribution in [1.82, 2.24) is 10.7 Å². The maximum atomic E-state index is 12.9. The molecule has 9 nitrogen and oxygen atoms in total. The van der Waals surface area contributed by atoms with Crippen LogP contribution in [0.15, 0.2) is 66.7 Å². The number of nitrogens with one attached hydrogen (secondary N) is 3. The molecule has 0 saturated heterocycles. The van der Waals surface area contributed by atoms with Crippen molar-refractivity contribution in [1.29, 1.82) is 0 Å². The molecule has 1 fully saturated rings. The van der Waals surface area contributed by atoms with E-state index in [0.29, 0.717) is 52.8 Å². The highest BCUT2D eigenvalue weighted by atomic mass is 35.5. The number of ether oxygens (including phenoxy) is 2. The van der Waals surface area contributed by atoms with Gasteiger partial charge in [-0.1, -0.05) is 41.4 Å². The van der Waals surface area contributed by atoms with Crippen LogP contribution in [0.2, 0.25) is 10.0 Å². The van der Waals surface area contributed by atoms with E-state index in [4.69, 9.17) is 32.7 Å². The van der Waals surface area contributed by atoms with Gasteiger partial charge in [0, 0.05) is 33.9 Å². The zero-order valence-electron chi connectivity index (χ0n) is 23.1. The minimum absolute atomic E-state index is 0.118. The summed E-state index contributed by atoms with van der Waals surface area (Å²) in [5.41, 5.74) is 7.75. The van der Waals surface area contributed by atoms with Crippen LogP contribution in [0, 0.1) is 11.8 Å². The molecule has 4 rings (SSSR count). The lowest BCUT2D eigenvalue weighted by molar-refractivity contribution is -0.142. The van der Waals surface area contributed by atoms with Crippen LogP contribution >= 0.6 is 23.2 Å². The lowest BCUT2D eigenvalue weighted by Crippen LogP contribution is -2.46. The number of carbonyl (C=O) groups excluding carboxylic acids is 2. The Bertz CT molecular complexity index is 1360. The highest BCUT2D eigenvalue weighted by Gasteiger charge is 2.32. The second kappa shape index (κ2) is 14.8. The van der Waals surface area contributed by atoms with Gasteiger partial charge in [0.05, 0.1) is 12.8 Å². The van der Waals surface area contributed by atoms with Crippen LogP contribution in [-0.4, -0.2) is 36.0 Å². The molecule has 0 bridgehead atoms. The van der Waals surface area contributed by atoms with Crippen molar-refractivity contribution >= 4 is 46.7 Å². The fraction of sp³-hybridized carbons (Fsp3) is 0.323. The molecule has 42 heavy (non-hydrogen) atoms. The summed E-state index contributed by atoms with van der Waals surface area (Å²) in [7, 11) is 1.58. The number of hydrogen-bond acceptors (Lipinski definition) is 6. The van der Waals surface area contributed by atoms with Gasteiger partial charge in [-0.3, -0.25) is 20.4 Å². The Hall–Kier alpha value is -3.95. The molecule has 0 heterocycles. The molecule has 1 aliphatic rings. The van der Waals surface area contributed by atoms with Crippen molar-refractivity contribution in [3.63, 3.8) is 0 Å². The number of carboxylic acid groups (broad SMARTS) is 1. The third-order valence-corrected chi connectivity index (χ3v) is 8.02. The average Bonchev–Trinajstić information content (AvgIpc) is 3.00. The number of rotatable bonds is 12. The van der Waals surface area contributed by atoms with E-state index in [-0.39, 0.29) is 36.7 Å². The molecule has 1 atom stereocenters. The first-order valence-electron chi connectivity index (χ1n) is 13.6. The zero-order valence-corrected chi connectivity index (χ0v) is 24.6. The third-order valence-electron chi connectivity index (χ3n) is 7.31. The molecule has 2 amide bonds. The SMILES string of the molecule is COc1ccc(NNC(=O)C2CCC(C(=O)N[C@@H](Cc3ccc(OCc4c(Cl)cccc4Cl)cc3)C(=O)O)CC2)cc1. The Morgan fingerprint density at radius 2 is 1.43 bits per heavy atom. The van der Waals surface area contributed by atoms with E-state index < -0.39 is 12.0 Å². The number of benzene rings is 3. The molecule has 1 saturated carbocycles. The third kappa shape index (κ3) is 8.53. The molecule has 222 valence electrons. The van der Waals surface area contributed by atoms with Gasteiger partial charge in [-0.05, 0) is 79.8 Å². The lowest BCUT2D eigenvalue weighted by atomic mass is 9.81. The summed E-state index contributed by atoms with van der Waals surface area (Å²) in [6, 6.07) is 18.3. The van der Waals surface area contributed by atoms with Gasteiger partial charge in [-0.15, -0.1) is 0 Å². The van der Waals surface area contributed by atoms with Crippen molar-refractivity contribution in [2.75, 3.05) is 12.5 Å². The second-order valence-corrected chi connectivity index (χ2v) is 10.9. The number of amides is 2. The van der Waals surface area contributed by atoms with Crippen LogP contribution in [0.25, 0.3) is 0 Å². The van der Waals surface area contributed by atoms with Crippen LogP contribution < -0.4 is 25.6 Å². The first-order chi connectivity index (χ1) is 20.2. The summed E-state index contributed by atoms with van der Waals surface area (Å²) in [5.74, 6) is -0.861. The smallest absolute Gasteiger partial charge is 0.326 e. The van der Waals surface area contributed by atoms with E-state index >= 15 is 0 Å². The van der Waals surface area contributed by atoms with Gasteiger partial charge in [0.15, 0.2) is 0 Å². The van der Waals surface area contributed by atoms with Crippen molar-refractivity contribution in [3.05, 3.63) is 87.9 Å². The predicted octanol–water partition coefficient (Wildman–Crippen LogP) is 5.64. The number of hydrogen-bond donors (Lipinski definition) is 4. The Balaban J connectivity index is 1.22. The van der Waals surface area contributed by atoms with Gasteiger partial charge in [-0.25, -0.2) is 4.79 Å². The Morgan fingerprint density at radius 3 is 2.00 bits per heavy atom. The van der Waals surface area contributed by atoms with Crippen LogP contribution in [0.1, 0.15) is 36.8 Å². The molecule has 1 aliphatic carbocycles. The summed E-state index contributed by atoms with van der Waals surface area (Å²) in [6.45, 7) is 0.189. The van der Waals surface area contributed by atoms with Crippen LogP contribution in [0.5, 0.6) is 11.5 Å². The predicted molar refractivity (Wildman–Crippen MR) is 161 cm³/mol. The van der Waals surface area contributed by atoms with Gasteiger partial charge in [0.25, 0.3) is 0 Å². The molecule has 4 N–H and O–H groups in total. The first kappa shape index (κ1) is 31.0. The fourth-order valence-corrected chi connectivity index (χ4v) is 5.31. The molecule has 3 aromatic carbocycles. The Morgan fingerprint density at radius 1 is 0.857 bits per heavy atom. The monoisotopic (exact) mass is 613 g/mol. The van der Waals surface area contributed by atoms with E-state index in [1.807, 2.05) is 0 Å². The maximum absolute atomic E-state index is 12.9. The maximum Gasteiger partial charge on any atom is 0.326 e. The highest BCUT2D eigenvalue weighted by Crippen LogP contribution is 2.30. The Labute approximate surface area is 254 Å². The summed E-state index contributed by atoms with van der Waals surface area (Å²) in [6.07, 6.45) is 2.19. The molecular weight excluding hydrogens is 581 g/mol. The quantitative estimate of drug-likeness (QED) is 0.195. The number of carboxylic acids is 1. The first-order valence-corrected chi connectivity index (χ1v) is 14.4. The second-order valence-electron chi connectivity index (χ2n) is 10.1. The van der Waals surface area contributed by atoms with Crippen molar-refractivity contribution in [2.24, 2.45) is 11.8 Å². The summed E-state index contributed by atoms with van der Waals surface area (Å²) >= 11 is 12.4. The Kier molecular flexibility index (Phi) is 10.9. The van der Waals surface area contributed by atoms with Crippen molar-refractivity contribution in [3.8, 4) is 11.5 Å². The van der Waals surface area contributed by atoms with Crippen molar-refractivity contribution < 1.29 is 29.0 Å². The van der Waals surface area contributed by atoms with E-state index in [1.165, 1.54) is 0 Å². The van der Waals surface area contributed by atoms with Gasteiger partial charge in [0.2, 0.25) is 11.8 Å². The van der Waals surface area contributed by atoms with E-state index in [2.05, 4.69) is 16.2 Å². The minimum Gasteiger partial charge on any atom is -0.497 e. The fourth-order valence-electron chi connectivity index (χ4n) is 4.80. The largest absolute Gasteiger partial charge is 0.497 e. The van der Waals surface area contributed by atoms with Crippen LogP contribution in [0.4, 0.5) is 5.69 Å². The topological polar surface area (TPSA) is 126 Å². The number of carbonyl (C=O) groups is 3. The van der Waals surface area contributed by atoms with E-state index in [9.17, 15) is 19.5 Å². The lowest BCUT2D eigenvalue weighted by Gasteiger charge is -2.28. The number of methoxy groups -OCH3 is 1. The normalized spacial score (nSPS) is 17.0. The molecule has 0 radical (unpaired) electrons. The standard InChI is InChI=1S/C31H33Cl2N3O6/c1-41-23-15-11-22(12-16-23)35-36-30(38)21-9-7-20(8-10-21)29(37)34-28(31(39)40)17-19-5-13-24(14-6-19)42-18-25-26(32)3-2-4-27(25)33/h2-6,11-16,20-21,28,35H,7-10,17-18H2,1H3,(H,34,37)(H,36,38)(H,39,40)/t20?,21?,28-/m0/s1. The van der Waals surface area contributed by atoms with Gasteiger partial charge >= 0.3 is 5.97 Å². The number of anilines is 1. The molecule has 11 heteroatoms. The molecule has 0 unspecified atom stereocenters. The van der Waals surface area contributed by atoms with Gasteiger partial charge in [-0.2, -0.15) is 0 Å². The highest BCUT2D eigenvalue weighted by molar-refractivity contribution is 6.35. The zero-order chi connectivity index (χ0) is 30.1. The molecule has 0 spiro atoms. The van der Waals surface area contributed by atoms with Crippen molar-refractivity contribution in [2.45, 2.75) is 44.8 Å². The number of hydrazine groups is 1. The average molecular weight is 615 g/mol. The molecular formula is C31H33Cl2N3O6. The molecule has 0 aliphatic heterocycles. The van der Waals surface area contributed by atoms with E-state index in [0.717, 1.165) is 11.3 Å². The number of halogens is 2. The molecule has 0 aromatic heterocycles. The molecule has 3 aromatic rings. The summed E-state index contributed by atoms with van der Waals surface area (Å²) in [4.78, 5) is 37.5. The minimum atomic E-state index is -1.12. The summed E-state index contributed by atoms with van der Waals surface area (Å²) in [5, 5.41) is 13.5. The van der Waals surface area contributed by atoms with Crippen LogP contribution in [-0.2, 0) is 27.4 Å². The van der Waals surface area contributed by atoms with Crippen LogP contribution in [0.3, 0.4) is 0 Å².